The molecule has 0 aromatic heterocycles. The van der Waals surface area contributed by atoms with Gasteiger partial charge in [0, 0.05) is 13.1 Å². The van der Waals surface area contributed by atoms with Gasteiger partial charge in [0.2, 0.25) is 0 Å². The van der Waals surface area contributed by atoms with E-state index in [2.05, 4.69) is 30.3 Å². The van der Waals surface area contributed by atoms with Crippen molar-refractivity contribution >= 4 is 22.8 Å². The highest BCUT2D eigenvalue weighted by Crippen LogP contribution is 2.28. The van der Waals surface area contributed by atoms with E-state index in [0.29, 0.717) is 13.0 Å². The quantitative estimate of drug-likeness (QED) is 0.909. The summed E-state index contributed by atoms with van der Waals surface area (Å²) in [4.78, 5) is 23.6. The average molecular weight is 313 g/mol. The topological polar surface area (TPSA) is 77.8 Å². The van der Waals surface area contributed by atoms with Crippen LogP contribution in [0.4, 0.5) is 4.79 Å². The molecule has 2 aromatic rings. The Labute approximate surface area is 134 Å². The number of hydrogen-bond donors (Lipinski definition) is 2. The third kappa shape index (κ3) is 3.28. The van der Waals surface area contributed by atoms with Crippen molar-refractivity contribution in [3.8, 4) is 0 Å². The molecule has 3 rings (SSSR count). The first-order valence-corrected chi connectivity index (χ1v) is 7.73. The minimum absolute atomic E-state index is 0.0903. The summed E-state index contributed by atoms with van der Waals surface area (Å²) in [5, 5.41) is 20.7. The smallest absolute Gasteiger partial charge is 0.407 e. The number of amides is 1. The summed E-state index contributed by atoms with van der Waals surface area (Å²) in [5.41, 5.74) is 1.15. The number of hydrogen-bond acceptors (Lipinski definition) is 2. The SMILES string of the molecule is O=C(O)[C@H]1CN(C(=O)O)C[C@@H]1CCc1ccc2ccccc2c1. The van der Waals surface area contributed by atoms with Crippen LogP contribution >= 0.6 is 0 Å². The van der Waals surface area contributed by atoms with Crippen LogP contribution in [0, 0.1) is 11.8 Å². The molecule has 2 aromatic carbocycles. The molecule has 1 heterocycles. The Balaban J connectivity index is 1.70. The minimum atomic E-state index is -1.04. The van der Waals surface area contributed by atoms with Crippen LogP contribution in [0.2, 0.25) is 0 Å². The summed E-state index contributed by atoms with van der Waals surface area (Å²) in [7, 11) is 0. The van der Waals surface area contributed by atoms with Gasteiger partial charge in [0.05, 0.1) is 5.92 Å². The zero-order valence-electron chi connectivity index (χ0n) is 12.7. The van der Waals surface area contributed by atoms with Crippen molar-refractivity contribution in [3.63, 3.8) is 0 Å². The van der Waals surface area contributed by atoms with Gasteiger partial charge in [-0.05, 0) is 35.1 Å². The molecule has 0 spiro atoms. The summed E-state index contributed by atoms with van der Waals surface area (Å²) < 4.78 is 0. The number of aryl methyl sites for hydroxylation is 1. The maximum absolute atomic E-state index is 11.3. The van der Waals surface area contributed by atoms with Crippen molar-refractivity contribution in [2.45, 2.75) is 12.8 Å². The van der Waals surface area contributed by atoms with E-state index in [1.165, 1.54) is 15.7 Å². The number of carboxylic acids is 1. The molecule has 0 unspecified atom stereocenters. The number of fused-ring (bicyclic) bond motifs is 1. The zero-order chi connectivity index (χ0) is 16.4. The normalized spacial score (nSPS) is 20.8. The van der Waals surface area contributed by atoms with Crippen LogP contribution < -0.4 is 0 Å². The predicted molar refractivity (Wildman–Crippen MR) is 86.5 cm³/mol. The Morgan fingerprint density at radius 1 is 1.04 bits per heavy atom. The van der Waals surface area contributed by atoms with Crippen molar-refractivity contribution in [2.24, 2.45) is 11.8 Å². The largest absolute Gasteiger partial charge is 0.481 e. The van der Waals surface area contributed by atoms with Gasteiger partial charge in [-0.2, -0.15) is 0 Å². The first kappa shape index (κ1) is 15.3. The highest BCUT2D eigenvalue weighted by atomic mass is 16.4. The summed E-state index contributed by atoms with van der Waals surface area (Å²) in [6.07, 6.45) is 0.399. The second kappa shape index (κ2) is 6.28. The first-order valence-electron chi connectivity index (χ1n) is 7.73. The fraction of sp³-hybridized carbons (Fsp3) is 0.333. The van der Waals surface area contributed by atoms with Crippen LogP contribution in [0.5, 0.6) is 0 Å². The van der Waals surface area contributed by atoms with Crippen LogP contribution in [-0.2, 0) is 11.2 Å². The number of likely N-dealkylation sites (tertiary alicyclic amines) is 1. The van der Waals surface area contributed by atoms with Gasteiger partial charge in [-0.1, -0.05) is 42.5 Å². The molecule has 5 heteroatoms. The van der Waals surface area contributed by atoms with Gasteiger partial charge in [0.15, 0.2) is 0 Å². The summed E-state index contributed by atoms with van der Waals surface area (Å²) >= 11 is 0. The molecular formula is C18H19NO4. The van der Waals surface area contributed by atoms with Gasteiger partial charge in [-0.15, -0.1) is 0 Å². The fourth-order valence-corrected chi connectivity index (χ4v) is 3.35. The van der Waals surface area contributed by atoms with Crippen LogP contribution in [-0.4, -0.2) is 40.3 Å². The monoisotopic (exact) mass is 313 g/mol. The Morgan fingerprint density at radius 3 is 2.48 bits per heavy atom. The molecule has 1 aliphatic rings. The van der Waals surface area contributed by atoms with E-state index in [-0.39, 0.29) is 12.5 Å². The molecule has 0 bridgehead atoms. The molecule has 2 N–H and O–H groups in total. The molecule has 1 fully saturated rings. The lowest BCUT2D eigenvalue weighted by molar-refractivity contribution is -0.142. The Bertz CT molecular complexity index is 743. The average Bonchev–Trinajstić information content (AvgIpc) is 2.97. The van der Waals surface area contributed by atoms with Crippen molar-refractivity contribution in [1.82, 2.24) is 4.90 Å². The fourth-order valence-electron chi connectivity index (χ4n) is 3.35. The van der Waals surface area contributed by atoms with Crippen molar-refractivity contribution in [2.75, 3.05) is 13.1 Å². The molecule has 1 saturated heterocycles. The van der Waals surface area contributed by atoms with E-state index in [1.54, 1.807) is 0 Å². The molecule has 0 aliphatic carbocycles. The lowest BCUT2D eigenvalue weighted by Crippen LogP contribution is -2.28. The lowest BCUT2D eigenvalue weighted by atomic mass is 9.90. The van der Waals surface area contributed by atoms with E-state index < -0.39 is 18.0 Å². The molecule has 5 nitrogen and oxygen atoms in total. The van der Waals surface area contributed by atoms with Crippen molar-refractivity contribution in [3.05, 3.63) is 48.0 Å². The second-order valence-corrected chi connectivity index (χ2v) is 6.11. The van der Waals surface area contributed by atoms with Crippen LogP contribution in [0.1, 0.15) is 12.0 Å². The maximum Gasteiger partial charge on any atom is 0.407 e. The van der Waals surface area contributed by atoms with E-state index in [0.717, 1.165) is 12.0 Å². The number of carbonyl (C=O) groups is 2. The Kier molecular flexibility index (Phi) is 4.19. The molecule has 0 radical (unpaired) electrons. The predicted octanol–water partition coefficient (Wildman–Crippen LogP) is 3.08. The third-order valence-corrected chi connectivity index (χ3v) is 4.65. The summed E-state index contributed by atoms with van der Waals surface area (Å²) in [5.74, 6) is -1.64. The van der Waals surface area contributed by atoms with Crippen molar-refractivity contribution in [1.29, 1.82) is 0 Å². The highest BCUT2D eigenvalue weighted by molar-refractivity contribution is 5.83. The Morgan fingerprint density at radius 2 is 1.78 bits per heavy atom. The zero-order valence-corrected chi connectivity index (χ0v) is 12.7. The highest BCUT2D eigenvalue weighted by Gasteiger charge is 2.39. The number of benzene rings is 2. The van der Waals surface area contributed by atoms with Gasteiger partial charge >= 0.3 is 12.1 Å². The number of nitrogens with zero attached hydrogens (tertiary/aromatic N) is 1. The molecule has 2 atom stereocenters. The van der Waals surface area contributed by atoms with E-state index >= 15 is 0 Å². The van der Waals surface area contributed by atoms with Crippen molar-refractivity contribution < 1.29 is 19.8 Å². The lowest BCUT2D eigenvalue weighted by Gasteiger charge is -2.14. The maximum atomic E-state index is 11.3. The van der Waals surface area contributed by atoms with Gasteiger partial charge in [0.1, 0.15) is 0 Å². The molecule has 0 saturated carbocycles. The third-order valence-electron chi connectivity index (χ3n) is 4.65. The van der Waals surface area contributed by atoms with Crippen LogP contribution in [0.15, 0.2) is 42.5 Å². The molecule has 1 aliphatic heterocycles. The first-order chi connectivity index (χ1) is 11.0. The molecule has 23 heavy (non-hydrogen) atoms. The van der Waals surface area contributed by atoms with Gasteiger partial charge in [-0.3, -0.25) is 4.79 Å². The number of rotatable bonds is 4. The summed E-state index contributed by atoms with van der Waals surface area (Å²) in [6, 6.07) is 14.4. The molecule has 1 amide bonds. The van der Waals surface area contributed by atoms with Gasteiger partial charge in [-0.25, -0.2) is 4.79 Å². The minimum Gasteiger partial charge on any atom is -0.481 e. The van der Waals surface area contributed by atoms with E-state index in [9.17, 15) is 14.7 Å². The standard InChI is InChI=1S/C18H19NO4/c20-17(21)16-11-19(18(22)23)10-15(16)8-6-12-5-7-13-3-1-2-4-14(13)9-12/h1-5,7,9,15-16H,6,8,10-11H2,(H,20,21)(H,22,23)/t15-,16-/m0/s1. The second-order valence-electron chi connectivity index (χ2n) is 6.11. The number of carboxylic acid groups (broad SMARTS) is 2. The van der Waals surface area contributed by atoms with Crippen LogP contribution in [0.3, 0.4) is 0 Å². The summed E-state index contributed by atoms with van der Waals surface area (Å²) in [6.45, 7) is 0.396. The Hall–Kier alpha value is -2.56. The molecular weight excluding hydrogens is 294 g/mol. The van der Waals surface area contributed by atoms with Gasteiger partial charge < -0.3 is 15.1 Å². The van der Waals surface area contributed by atoms with E-state index in [1.807, 2.05) is 12.1 Å². The number of aliphatic carboxylic acids is 1. The van der Waals surface area contributed by atoms with Gasteiger partial charge in [0.25, 0.3) is 0 Å². The van der Waals surface area contributed by atoms with Crippen LogP contribution in [0.25, 0.3) is 10.8 Å². The van der Waals surface area contributed by atoms with E-state index in [4.69, 9.17) is 5.11 Å². The molecule has 120 valence electrons.